The molecule has 0 heterocycles. The molecular weight excluding hydrogens is 296 g/mol. The molecule has 2 unspecified atom stereocenters. The van der Waals surface area contributed by atoms with Gasteiger partial charge in [0.25, 0.3) is 6.48 Å². The van der Waals surface area contributed by atoms with Gasteiger partial charge in [-0.25, -0.2) is 0 Å². The molecule has 8 nitrogen and oxygen atoms in total. The van der Waals surface area contributed by atoms with Crippen molar-refractivity contribution in [3.05, 3.63) is 35.9 Å². The highest BCUT2D eigenvalue weighted by Gasteiger charge is 2.50. The molecule has 6 N–H and O–H groups in total. The number of benzene rings is 1. The second kappa shape index (κ2) is 7.44. The molecule has 1 saturated carbocycles. The first-order chi connectivity index (χ1) is 10.4. The number of hydrogen-bond acceptors (Lipinski definition) is 8. The summed E-state index contributed by atoms with van der Waals surface area (Å²) >= 11 is 0. The highest BCUT2D eigenvalue weighted by Crippen LogP contribution is 2.27. The van der Waals surface area contributed by atoms with Crippen molar-refractivity contribution in [1.82, 2.24) is 0 Å². The topological polar surface area (TPSA) is 140 Å². The maximum atomic E-state index is 10.00. The molecule has 1 aromatic rings. The molecule has 2 rings (SSSR count). The number of aliphatic hydroxyl groups excluding tert-OH is 5. The lowest BCUT2D eigenvalue weighted by Crippen LogP contribution is -2.65. The van der Waals surface area contributed by atoms with Crippen LogP contribution in [0.5, 0.6) is 0 Å². The fourth-order valence-electron chi connectivity index (χ4n) is 2.45. The molecule has 0 radical (unpaired) electrons. The van der Waals surface area contributed by atoms with Gasteiger partial charge in [0.2, 0.25) is 0 Å². The summed E-state index contributed by atoms with van der Waals surface area (Å²) in [6.07, 6.45) is -9.24. The third-order valence-corrected chi connectivity index (χ3v) is 3.61. The van der Waals surface area contributed by atoms with Gasteiger partial charge in [0.1, 0.15) is 36.6 Å². The molecule has 22 heavy (non-hydrogen) atoms. The Morgan fingerprint density at radius 2 is 1.32 bits per heavy atom. The zero-order valence-electron chi connectivity index (χ0n) is 11.6. The lowest BCUT2D eigenvalue weighted by Gasteiger charge is -2.43. The summed E-state index contributed by atoms with van der Waals surface area (Å²) in [5.41, 5.74) is 0.787. The molecule has 1 aliphatic rings. The number of rotatable bonds is 5. The monoisotopic (exact) mass is 316 g/mol. The van der Waals surface area contributed by atoms with Crippen molar-refractivity contribution < 1.29 is 40.1 Å². The zero-order chi connectivity index (χ0) is 16.3. The Hall–Kier alpha value is -1.10. The van der Waals surface area contributed by atoms with Crippen molar-refractivity contribution in [1.29, 1.82) is 0 Å². The third kappa shape index (κ3) is 3.80. The smallest absolute Gasteiger partial charge is 0.266 e. The van der Waals surface area contributed by atoms with Crippen LogP contribution in [0.2, 0.25) is 0 Å². The van der Waals surface area contributed by atoms with Crippen LogP contribution in [-0.4, -0.2) is 73.7 Å². The van der Waals surface area contributed by atoms with Crippen LogP contribution in [0.25, 0.3) is 0 Å². The normalized spacial score (nSPS) is 35.8. The van der Waals surface area contributed by atoms with Gasteiger partial charge in [-0.1, -0.05) is 30.3 Å². The number of aliphatic hydroxyl groups is 6. The van der Waals surface area contributed by atoms with Crippen LogP contribution in [0.1, 0.15) is 5.56 Å². The minimum absolute atomic E-state index is 0.0627. The maximum absolute atomic E-state index is 10.00. The summed E-state index contributed by atoms with van der Waals surface area (Å²) in [5, 5.41) is 57.3. The average Bonchev–Trinajstić information content (AvgIpc) is 2.50. The molecule has 124 valence electrons. The quantitative estimate of drug-likeness (QED) is 0.333. The van der Waals surface area contributed by atoms with E-state index < -0.39 is 43.1 Å². The molecule has 0 aromatic heterocycles. The summed E-state index contributed by atoms with van der Waals surface area (Å²) in [5.74, 6) is 0. The van der Waals surface area contributed by atoms with Gasteiger partial charge >= 0.3 is 0 Å². The van der Waals surface area contributed by atoms with E-state index in [1.165, 1.54) is 0 Å². The Morgan fingerprint density at radius 3 is 1.82 bits per heavy atom. The fourth-order valence-corrected chi connectivity index (χ4v) is 2.45. The summed E-state index contributed by atoms with van der Waals surface area (Å²) in [7, 11) is 0. The summed E-state index contributed by atoms with van der Waals surface area (Å²) in [6, 6.07) is 8.97. The summed E-state index contributed by atoms with van der Waals surface area (Å²) < 4.78 is 9.89. The van der Waals surface area contributed by atoms with Crippen molar-refractivity contribution in [2.75, 3.05) is 0 Å². The molecule has 1 aromatic carbocycles. The predicted molar refractivity (Wildman–Crippen MR) is 72.1 cm³/mol. The second-order valence-electron chi connectivity index (χ2n) is 5.15. The van der Waals surface area contributed by atoms with Crippen LogP contribution in [0.3, 0.4) is 0 Å². The molecule has 0 aliphatic heterocycles. The van der Waals surface area contributed by atoms with E-state index >= 15 is 0 Å². The average molecular weight is 316 g/mol. The van der Waals surface area contributed by atoms with E-state index in [1.54, 1.807) is 24.3 Å². The van der Waals surface area contributed by atoms with Crippen molar-refractivity contribution >= 4 is 0 Å². The summed E-state index contributed by atoms with van der Waals surface area (Å²) in [4.78, 5) is 0. The van der Waals surface area contributed by atoms with Crippen LogP contribution >= 0.6 is 0 Å². The second-order valence-corrected chi connectivity index (χ2v) is 5.15. The number of hydrogen-bond donors (Lipinski definition) is 6. The standard InChI is InChI=1S/C14H20O8/c15-8-10(17)13(22-14(19)20)11(18)9(16)12(8)21-6-7-4-2-1-3-5-7/h1-5,8-20H,6H2/t8-,9+,10-,11-,12?,13?/m0/s1. The van der Waals surface area contributed by atoms with Gasteiger partial charge in [0.05, 0.1) is 6.61 Å². The van der Waals surface area contributed by atoms with Crippen molar-refractivity contribution in [2.24, 2.45) is 0 Å². The van der Waals surface area contributed by atoms with Gasteiger partial charge in [-0.15, -0.1) is 0 Å². The van der Waals surface area contributed by atoms with Crippen LogP contribution < -0.4 is 0 Å². The Balaban J connectivity index is 2.03. The Labute approximate surface area is 126 Å². The molecular formula is C14H20O8. The summed E-state index contributed by atoms with van der Waals surface area (Å²) in [6.45, 7) is -2.19. The van der Waals surface area contributed by atoms with Gasteiger partial charge in [0, 0.05) is 0 Å². The van der Waals surface area contributed by atoms with Gasteiger partial charge in [0.15, 0.2) is 0 Å². The van der Waals surface area contributed by atoms with E-state index in [2.05, 4.69) is 4.74 Å². The first-order valence-corrected chi connectivity index (χ1v) is 6.81. The minimum atomic E-state index is -2.25. The molecule has 0 amide bonds. The van der Waals surface area contributed by atoms with Gasteiger partial charge < -0.3 is 40.1 Å². The van der Waals surface area contributed by atoms with E-state index in [1.807, 2.05) is 6.07 Å². The Kier molecular flexibility index (Phi) is 5.84. The Bertz CT molecular complexity index is 437. The lowest BCUT2D eigenvalue weighted by atomic mass is 9.84. The molecule has 0 saturated heterocycles. The van der Waals surface area contributed by atoms with Gasteiger partial charge in [-0.3, -0.25) is 0 Å². The van der Waals surface area contributed by atoms with Crippen LogP contribution in [0.15, 0.2) is 30.3 Å². The van der Waals surface area contributed by atoms with Crippen molar-refractivity contribution in [3.8, 4) is 0 Å². The fraction of sp³-hybridized carbons (Fsp3) is 0.571. The van der Waals surface area contributed by atoms with Crippen LogP contribution in [0, 0.1) is 0 Å². The maximum Gasteiger partial charge on any atom is 0.266 e. The first kappa shape index (κ1) is 17.3. The third-order valence-electron chi connectivity index (χ3n) is 3.61. The van der Waals surface area contributed by atoms with Crippen molar-refractivity contribution in [3.63, 3.8) is 0 Å². The van der Waals surface area contributed by atoms with Gasteiger partial charge in [-0.2, -0.15) is 0 Å². The first-order valence-electron chi connectivity index (χ1n) is 6.81. The molecule has 0 spiro atoms. The SMILES string of the molecule is OC(O)OC1[C@@H](O)[C@H](O)C(OCc2ccccc2)[C@H](O)[C@@H]1O. The Morgan fingerprint density at radius 1 is 0.818 bits per heavy atom. The van der Waals surface area contributed by atoms with E-state index in [0.717, 1.165) is 5.56 Å². The minimum Gasteiger partial charge on any atom is -0.387 e. The molecule has 0 bridgehead atoms. The predicted octanol–water partition coefficient (Wildman–Crippen LogP) is -2.32. The zero-order valence-corrected chi connectivity index (χ0v) is 11.6. The highest BCUT2D eigenvalue weighted by atomic mass is 16.7. The highest BCUT2D eigenvalue weighted by molar-refractivity contribution is 5.13. The molecule has 1 aliphatic carbocycles. The van der Waals surface area contributed by atoms with E-state index in [4.69, 9.17) is 14.9 Å². The largest absolute Gasteiger partial charge is 0.387 e. The molecule has 8 heteroatoms. The number of ether oxygens (including phenoxy) is 2. The lowest BCUT2D eigenvalue weighted by molar-refractivity contribution is -0.319. The van der Waals surface area contributed by atoms with E-state index in [-0.39, 0.29) is 6.61 Å². The molecule has 1 fully saturated rings. The van der Waals surface area contributed by atoms with Crippen molar-refractivity contribution in [2.45, 2.75) is 49.7 Å². The van der Waals surface area contributed by atoms with E-state index in [0.29, 0.717) is 0 Å². The van der Waals surface area contributed by atoms with Crippen LogP contribution in [0.4, 0.5) is 0 Å². The molecule has 6 atom stereocenters. The van der Waals surface area contributed by atoms with E-state index in [9.17, 15) is 20.4 Å². The van der Waals surface area contributed by atoms with Crippen LogP contribution in [-0.2, 0) is 16.1 Å². The van der Waals surface area contributed by atoms with Gasteiger partial charge in [-0.05, 0) is 5.56 Å².